The van der Waals surface area contributed by atoms with Gasteiger partial charge in [0, 0.05) is 29.0 Å². The fourth-order valence-electron chi connectivity index (χ4n) is 1.90. The van der Waals surface area contributed by atoms with Crippen LogP contribution in [0.25, 0.3) is 0 Å². The third-order valence-corrected chi connectivity index (χ3v) is 4.95. The molecule has 0 aliphatic heterocycles. The Kier molecular flexibility index (Phi) is 6.48. The van der Waals surface area contributed by atoms with Gasteiger partial charge in [-0.05, 0) is 19.1 Å². The first-order valence-corrected chi connectivity index (χ1v) is 8.54. The molecule has 1 heterocycles. The number of alkyl halides is 6. The van der Waals surface area contributed by atoms with E-state index >= 15 is 0 Å². The van der Waals surface area contributed by atoms with E-state index in [1.807, 2.05) is 0 Å². The number of nitrogens with zero attached hydrogens (tertiary/aromatic N) is 1. The molecule has 0 spiro atoms. The van der Waals surface area contributed by atoms with Crippen molar-refractivity contribution >= 4 is 22.8 Å². The zero-order chi connectivity index (χ0) is 20.5. The van der Waals surface area contributed by atoms with Gasteiger partial charge in [0.25, 0.3) is 0 Å². The largest absolute Gasteiger partial charge is 0.609 e. The quantitative estimate of drug-likeness (QED) is 0.449. The van der Waals surface area contributed by atoms with Crippen molar-refractivity contribution in [3.05, 3.63) is 46.4 Å². The second kappa shape index (κ2) is 8.11. The summed E-state index contributed by atoms with van der Waals surface area (Å²) in [5.41, 5.74) is -4.29. The van der Waals surface area contributed by atoms with E-state index in [1.54, 1.807) is 0 Å². The number of aryl methyl sites for hydroxylation is 1. The number of ether oxygens (including phenoxy) is 1. The number of benzene rings is 1. The molecule has 2 atom stereocenters. The maximum absolute atomic E-state index is 14.0. The monoisotopic (exact) mass is 435 g/mol. The molecule has 2 unspecified atom stereocenters. The molecule has 3 nitrogen and oxygen atoms in total. The van der Waals surface area contributed by atoms with Crippen LogP contribution in [-0.4, -0.2) is 21.5 Å². The minimum Gasteiger partial charge on any atom is -0.609 e. The molecular weight excluding hydrogens is 427 g/mol. The summed E-state index contributed by atoms with van der Waals surface area (Å²) in [5.74, 6) is -2.41. The average Bonchev–Trinajstić information content (AvgIpc) is 2.56. The van der Waals surface area contributed by atoms with Crippen LogP contribution in [0.2, 0.25) is 5.02 Å². The normalized spacial score (nSPS) is 14.3. The number of rotatable bonds is 5. The van der Waals surface area contributed by atoms with Gasteiger partial charge in [0.2, 0.25) is 5.88 Å². The van der Waals surface area contributed by atoms with E-state index in [1.165, 1.54) is 6.92 Å². The van der Waals surface area contributed by atoms with Gasteiger partial charge >= 0.3 is 18.1 Å². The van der Waals surface area contributed by atoms with E-state index in [4.69, 9.17) is 16.3 Å². The van der Waals surface area contributed by atoms with Crippen molar-refractivity contribution in [3.63, 3.8) is 0 Å². The van der Waals surface area contributed by atoms with Crippen LogP contribution < -0.4 is 4.74 Å². The van der Waals surface area contributed by atoms with Gasteiger partial charge in [-0.2, -0.15) is 17.6 Å². The van der Waals surface area contributed by atoms with Crippen LogP contribution in [0.5, 0.6) is 11.6 Å². The summed E-state index contributed by atoms with van der Waals surface area (Å²) in [6.45, 7) is 1.21. The Morgan fingerprint density at radius 3 is 2.33 bits per heavy atom. The van der Waals surface area contributed by atoms with Gasteiger partial charge in [0.05, 0.1) is 5.56 Å². The fraction of sp³-hybridized carbons (Fsp3) is 0.267. The van der Waals surface area contributed by atoms with E-state index in [0.717, 1.165) is 6.07 Å². The third-order valence-electron chi connectivity index (χ3n) is 3.19. The molecule has 0 aliphatic rings. The lowest BCUT2D eigenvalue weighted by Gasteiger charge is -2.17. The predicted octanol–water partition coefficient (Wildman–Crippen LogP) is 5.66. The first kappa shape index (κ1) is 21.6. The minimum atomic E-state index is -4.72. The molecule has 0 aliphatic carbocycles. The molecule has 2 aromatic rings. The summed E-state index contributed by atoms with van der Waals surface area (Å²) in [6.07, 6.45) is -7.87. The molecule has 148 valence electrons. The summed E-state index contributed by atoms with van der Waals surface area (Å²) < 4.78 is 107. The smallest absolute Gasteiger partial charge is 0.417 e. The highest BCUT2D eigenvalue weighted by Crippen LogP contribution is 2.37. The van der Waals surface area contributed by atoms with Gasteiger partial charge in [-0.15, -0.1) is 0 Å². The summed E-state index contributed by atoms with van der Waals surface area (Å²) in [7, 11) is 0. The van der Waals surface area contributed by atoms with Crippen molar-refractivity contribution in [1.82, 2.24) is 4.98 Å². The third kappa shape index (κ3) is 4.96. The molecule has 0 N–H and O–H groups in total. The van der Waals surface area contributed by atoms with Crippen LogP contribution in [0, 0.1) is 12.7 Å². The number of halogens is 8. The Hall–Kier alpha value is -1.72. The van der Waals surface area contributed by atoms with Crippen LogP contribution in [0.15, 0.2) is 29.3 Å². The van der Waals surface area contributed by atoms with Crippen molar-refractivity contribution in [2.75, 3.05) is 0 Å². The maximum atomic E-state index is 14.0. The van der Waals surface area contributed by atoms with E-state index < -0.39 is 62.2 Å². The van der Waals surface area contributed by atoms with Crippen LogP contribution in [-0.2, 0) is 17.4 Å². The number of hydrogen-bond donors (Lipinski definition) is 0. The summed E-state index contributed by atoms with van der Waals surface area (Å²) in [4.78, 5) is 2.86. The standard InChI is InChI=1S/C15H9ClF7NO2S/c1-6-2-9(17)10(4-11(6)27(25)13(20)12(18)19)26-14-8(16)3-7(5-24-14)15(21,22)23/h2-5,12-13H,1H3. The molecule has 0 fully saturated rings. The summed E-state index contributed by atoms with van der Waals surface area (Å²) in [6, 6.07) is 1.94. The van der Waals surface area contributed by atoms with Gasteiger partial charge in [0.15, 0.2) is 16.5 Å². The molecule has 27 heavy (non-hydrogen) atoms. The second-order valence-electron chi connectivity index (χ2n) is 5.14. The van der Waals surface area contributed by atoms with Gasteiger partial charge < -0.3 is 9.29 Å². The van der Waals surface area contributed by atoms with Crippen molar-refractivity contribution in [2.24, 2.45) is 0 Å². The molecule has 0 amide bonds. The SMILES string of the molecule is Cc1cc(F)c(Oc2ncc(C(F)(F)F)cc2Cl)cc1[S+]([O-])C(F)C(F)F. The molecule has 12 heteroatoms. The molecule has 0 bridgehead atoms. The maximum Gasteiger partial charge on any atom is 0.417 e. The Bertz CT molecular complexity index is 835. The van der Waals surface area contributed by atoms with Crippen molar-refractivity contribution in [3.8, 4) is 11.6 Å². The van der Waals surface area contributed by atoms with Gasteiger partial charge in [-0.3, -0.25) is 0 Å². The topological polar surface area (TPSA) is 45.2 Å². The van der Waals surface area contributed by atoms with E-state index in [2.05, 4.69) is 4.98 Å². The molecule has 0 saturated heterocycles. The average molecular weight is 436 g/mol. The Morgan fingerprint density at radius 1 is 1.19 bits per heavy atom. The number of aromatic nitrogens is 1. The zero-order valence-electron chi connectivity index (χ0n) is 13.2. The molecule has 0 saturated carbocycles. The lowest BCUT2D eigenvalue weighted by molar-refractivity contribution is -0.137. The van der Waals surface area contributed by atoms with Crippen LogP contribution >= 0.6 is 11.6 Å². The minimum absolute atomic E-state index is 0.0899. The van der Waals surface area contributed by atoms with E-state index in [9.17, 15) is 35.3 Å². The molecule has 0 radical (unpaired) electrons. The van der Waals surface area contributed by atoms with Gasteiger partial charge in [0.1, 0.15) is 5.02 Å². The molecule has 2 rings (SSSR count). The summed E-state index contributed by atoms with van der Waals surface area (Å²) >= 11 is 2.80. The first-order valence-electron chi connectivity index (χ1n) is 6.95. The number of pyridine rings is 1. The lowest BCUT2D eigenvalue weighted by atomic mass is 10.2. The van der Waals surface area contributed by atoms with E-state index in [-0.39, 0.29) is 5.56 Å². The van der Waals surface area contributed by atoms with Crippen LogP contribution in [0.4, 0.5) is 30.7 Å². The zero-order valence-corrected chi connectivity index (χ0v) is 14.7. The highest BCUT2D eigenvalue weighted by Gasteiger charge is 2.36. The fourth-order valence-corrected chi connectivity index (χ4v) is 3.14. The first-order chi connectivity index (χ1) is 12.4. The molecule has 1 aromatic heterocycles. The van der Waals surface area contributed by atoms with Gasteiger partial charge in [-0.25, -0.2) is 18.2 Å². The van der Waals surface area contributed by atoms with Crippen molar-refractivity contribution in [2.45, 2.75) is 29.9 Å². The van der Waals surface area contributed by atoms with Gasteiger partial charge in [-0.1, -0.05) is 11.6 Å². The lowest BCUT2D eigenvalue weighted by Crippen LogP contribution is -2.25. The number of hydrogen-bond acceptors (Lipinski definition) is 3. The molecular formula is C15H9ClF7NO2S. The highest BCUT2D eigenvalue weighted by atomic mass is 35.5. The predicted molar refractivity (Wildman–Crippen MR) is 82.8 cm³/mol. The molecule has 1 aromatic carbocycles. The Morgan fingerprint density at radius 2 is 1.81 bits per heavy atom. The Balaban J connectivity index is 2.38. The second-order valence-corrected chi connectivity index (χ2v) is 7.03. The van der Waals surface area contributed by atoms with Crippen LogP contribution in [0.3, 0.4) is 0 Å². The summed E-state index contributed by atoms with van der Waals surface area (Å²) in [5, 5.41) is -0.608. The Labute approximate surface area is 156 Å². The highest BCUT2D eigenvalue weighted by molar-refractivity contribution is 7.92. The van der Waals surface area contributed by atoms with Crippen LogP contribution in [0.1, 0.15) is 11.1 Å². The van der Waals surface area contributed by atoms with Crippen molar-refractivity contribution in [1.29, 1.82) is 0 Å². The van der Waals surface area contributed by atoms with E-state index in [0.29, 0.717) is 18.3 Å². The van der Waals surface area contributed by atoms with Crippen molar-refractivity contribution < 1.29 is 40.0 Å².